The third kappa shape index (κ3) is 1.95. The van der Waals surface area contributed by atoms with Crippen LogP contribution in [0.25, 0.3) is 0 Å². The van der Waals surface area contributed by atoms with Crippen LogP contribution in [0.5, 0.6) is 0 Å². The molecule has 0 heterocycles. The van der Waals surface area contributed by atoms with Gasteiger partial charge in [0.15, 0.2) is 0 Å². The van der Waals surface area contributed by atoms with E-state index in [0.29, 0.717) is 12.0 Å². The molecule has 1 fully saturated rings. The fourth-order valence-electron chi connectivity index (χ4n) is 1.19. The summed E-state index contributed by atoms with van der Waals surface area (Å²) in [7, 11) is 0. The zero-order valence-corrected chi connectivity index (χ0v) is 5.51. The lowest BCUT2D eigenvalue weighted by molar-refractivity contribution is 0.153. The standard InChI is InChI=1S/C7H13O2/c8-5-6-1-3-7(9)4-2-6/h6,8-9H,1-5H2. The van der Waals surface area contributed by atoms with Crippen molar-refractivity contribution < 1.29 is 10.2 Å². The Morgan fingerprint density at radius 1 is 1.33 bits per heavy atom. The molecule has 1 saturated carbocycles. The Kier molecular flexibility index (Phi) is 2.49. The van der Waals surface area contributed by atoms with Gasteiger partial charge in [-0.1, -0.05) is 0 Å². The maximum absolute atomic E-state index is 8.96. The van der Waals surface area contributed by atoms with Gasteiger partial charge in [-0.3, -0.25) is 0 Å². The maximum atomic E-state index is 8.96. The average molecular weight is 129 g/mol. The van der Waals surface area contributed by atoms with Crippen molar-refractivity contribution >= 4 is 0 Å². The van der Waals surface area contributed by atoms with E-state index in [-0.39, 0.29) is 6.61 Å². The molecule has 0 bridgehead atoms. The minimum atomic E-state index is 0.285. The van der Waals surface area contributed by atoms with Crippen molar-refractivity contribution in [3.8, 4) is 0 Å². The van der Waals surface area contributed by atoms with Crippen LogP contribution in [0.1, 0.15) is 25.7 Å². The Morgan fingerprint density at radius 3 is 2.33 bits per heavy atom. The van der Waals surface area contributed by atoms with Gasteiger partial charge in [0.1, 0.15) is 0 Å². The Bertz CT molecular complexity index is 75.0. The molecule has 0 spiro atoms. The molecule has 0 aromatic rings. The molecule has 9 heavy (non-hydrogen) atoms. The summed E-state index contributed by atoms with van der Waals surface area (Å²) in [5.74, 6) is 0.445. The fraction of sp³-hybridized carbons (Fsp3) is 0.857. The molecule has 0 aromatic carbocycles. The van der Waals surface area contributed by atoms with Crippen LogP contribution < -0.4 is 0 Å². The highest BCUT2D eigenvalue weighted by molar-refractivity contribution is 4.83. The highest BCUT2D eigenvalue weighted by Crippen LogP contribution is 2.27. The molecule has 1 radical (unpaired) electrons. The molecule has 1 aliphatic carbocycles. The van der Waals surface area contributed by atoms with Crippen molar-refractivity contribution in [2.24, 2.45) is 5.92 Å². The predicted octanol–water partition coefficient (Wildman–Crippen LogP) is 1.07. The summed E-state index contributed by atoms with van der Waals surface area (Å²) in [6.07, 6.45) is 4.13. The van der Waals surface area contributed by atoms with Gasteiger partial charge >= 0.3 is 0 Å². The van der Waals surface area contributed by atoms with Crippen LogP contribution in [-0.4, -0.2) is 16.8 Å². The van der Waals surface area contributed by atoms with Crippen molar-refractivity contribution in [3.63, 3.8) is 0 Å². The highest BCUT2D eigenvalue weighted by Gasteiger charge is 2.18. The number of rotatable bonds is 1. The molecular weight excluding hydrogens is 116 g/mol. The second-order valence-corrected chi connectivity index (χ2v) is 2.69. The van der Waals surface area contributed by atoms with Gasteiger partial charge in [0.2, 0.25) is 0 Å². The number of aliphatic hydroxyl groups is 2. The summed E-state index contributed by atoms with van der Waals surface area (Å²) in [4.78, 5) is 0. The van der Waals surface area contributed by atoms with Crippen LogP contribution >= 0.6 is 0 Å². The number of hydrogen-bond acceptors (Lipinski definition) is 2. The van der Waals surface area contributed by atoms with Crippen molar-refractivity contribution in [1.29, 1.82) is 0 Å². The molecule has 1 aliphatic rings. The van der Waals surface area contributed by atoms with E-state index in [1.54, 1.807) is 0 Å². The molecule has 0 aromatic heterocycles. The van der Waals surface area contributed by atoms with E-state index >= 15 is 0 Å². The van der Waals surface area contributed by atoms with Crippen molar-refractivity contribution in [1.82, 2.24) is 0 Å². The minimum absolute atomic E-state index is 0.285. The third-order valence-corrected chi connectivity index (χ3v) is 1.94. The Labute approximate surface area is 55.5 Å². The largest absolute Gasteiger partial charge is 0.396 e. The minimum Gasteiger partial charge on any atom is -0.396 e. The van der Waals surface area contributed by atoms with Gasteiger partial charge in [0.25, 0.3) is 0 Å². The first-order valence-electron chi connectivity index (χ1n) is 3.47. The topological polar surface area (TPSA) is 40.5 Å². The maximum Gasteiger partial charge on any atom is 0.0933 e. The van der Waals surface area contributed by atoms with E-state index in [1.807, 2.05) is 0 Å². The summed E-state index contributed by atoms with van der Waals surface area (Å²) < 4.78 is 0. The second kappa shape index (κ2) is 3.18. The summed E-state index contributed by atoms with van der Waals surface area (Å²) in [5.41, 5.74) is 0. The Balaban J connectivity index is 2.18. The van der Waals surface area contributed by atoms with Gasteiger partial charge in [-0.2, -0.15) is 0 Å². The average Bonchev–Trinajstić information content (AvgIpc) is 1.90. The van der Waals surface area contributed by atoms with Crippen LogP contribution in [0.15, 0.2) is 0 Å². The molecule has 0 atom stereocenters. The fourth-order valence-corrected chi connectivity index (χ4v) is 1.19. The summed E-state index contributed by atoms with van der Waals surface area (Å²) >= 11 is 0. The predicted molar refractivity (Wildman–Crippen MR) is 34.2 cm³/mol. The molecule has 2 N–H and O–H groups in total. The van der Waals surface area contributed by atoms with Gasteiger partial charge in [-0.05, 0) is 31.6 Å². The molecule has 0 aliphatic heterocycles. The molecule has 0 amide bonds. The van der Waals surface area contributed by atoms with Gasteiger partial charge in [-0.15, -0.1) is 0 Å². The van der Waals surface area contributed by atoms with E-state index in [4.69, 9.17) is 10.2 Å². The van der Waals surface area contributed by atoms with E-state index in [1.165, 1.54) is 0 Å². The van der Waals surface area contributed by atoms with E-state index in [2.05, 4.69) is 0 Å². The SMILES string of the molecule is OCC1CC[C](O)CC1. The lowest BCUT2D eigenvalue weighted by atomic mass is 9.88. The summed E-state index contributed by atoms with van der Waals surface area (Å²) in [6, 6.07) is 0. The smallest absolute Gasteiger partial charge is 0.0933 e. The van der Waals surface area contributed by atoms with Crippen LogP contribution in [0.3, 0.4) is 0 Å². The van der Waals surface area contributed by atoms with E-state index in [9.17, 15) is 0 Å². The van der Waals surface area contributed by atoms with Crippen molar-refractivity contribution in [2.45, 2.75) is 25.7 Å². The first kappa shape index (κ1) is 7.03. The van der Waals surface area contributed by atoms with Crippen LogP contribution in [0.4, 0.5) is 0 Å². The van der Waals surface area contributed by atoms with Crippen LogP contribution in [-0.2, 0) is 0 Å². The zero-order valence-electron chi connectivity index (χ0n) is 5.51. The van der Waals surface area contributed by atoms with Crippen LogP contribution in [0.2, 0.25) is 0 Å². The van der Waals surface area contributed by atoms with Crippen LogP contribution in [0, 0.1) is 12.0 Å². The Hall–Kier alpha value is -0.0800. The number of hydrogen-bond donors (Lipinski definition) is 2. The normalized spacial score (nSPS) is 24.7. The van der Waals surface area contributed by atoms with Gasteiger partial charge < -0.3 is 10.2 Å². The Morgan fingerprint density at radius 2 is 1.89 bits per heavy atom. The zero-order chi connectivity index (χ0) is 6.69. The van der Waals surface area contributed by atoms with Gasteiger partial charge in [0.05, 0.1) is 6.10 Å². The third-order valence-electron chi connectivity index (χ3n) is 1.94. The van der Waals surface area contributed by atoms with Gasteiger partial charge in [0, 0.05) is 6.61 Å². The highest BCUT2D eigenvalue weighted by atomic mass is 16.3. The van der Waals surface area contributed by atoms with Crippen molar-refractivity contribution in [2.75, 3.05) is 6.61 Å². The molecular formula is C7H13O2. The second-order valence-electron chi connectivity index (χ2n) is 2.69. The molecule has 2 heteroatoms. The molecule has 2 nitrogen and oxygen atoms in total. The first-order chi connectivity index (χ1) is 4.33. The summed E-state index contributed by atoms with van der Waals surface area (Å²) in [6.45, 7) is 0.285. The summed E-state index contributed by atoms with van der Waals surface area (Å²) in [5, 5.41) is 17.6. The quantitative estimate of drug-likeness (QED) is 0.556. The molecule has 0 saturated heterocycles. The lowest BCUT2D eigenvalue weighted by Gasteiger charge is -2.22. The number of aliphatic hydroxyl groups excluding tert-OH is 2. The molecule has 0 unspecified atom stereocenters. The molecule has 1 rings (SSSR count). The monoisotopic (exact) mass is 129 g/mol. The molecule has 53 valence electrons. The lowest BCUT2D eigenvalue weighted by Crippen LogP contribution is -2.15. The first-order valence-corrected chi connectivity index (χ1v) is 3.47. The van der Waals surface area contributed by atoms with Gasteiger partial charge in [-0.25, -0.2) is 0 Å². The van der Waals surface area contributed by atoms with E-state index < -0.39 is 0 Å². The van der Waals surface area contributed by atoms with E-state index in [0.717, 1.165) is 25.7 Å². The van der Waals surface area contributed by atoms with Crippen molar-refractivity contribution in [3.05, 3.63) is 6.10 Å².